The molecule has 19 heavy (non-hydrogen) atoms. The van der Waals surface area contributed by atoms with Gasteiger partial charge < -0.3 is 14.6 Å². The van der Waals surface area contributed by atoms with Crippen molar-refractivity contribution in [2.75, 3.05) is 0 Å². The first-order valence-corrected chi connectivity index (χ1v) is 5.93. The number of benzene rings is 1. The molecular weight excluding hydrogens is 268 g/mol. The van der Waals surface area contributed by atoms with Crippen LogP contribution in [0.15, 0.2) is 28.8 Å². The predicted octanol–water partition coefficient (Wildman–Crippen LogP) is 3.48. The normalized spacial score (nSPS) is 11.1. The van der Waals surface area contributed by atoms with E-state index in [4.69, 9.17) is 21.2 Å². The summed E-state index contributed by atoms with van der Waals surface area (Å²) in [6.45, 7) is 1.88. The number of rotatable bonds is 2. The van der Waals surface area contributed by atoms with Crippen molar-refractivity contribution in [1.29, 1.82) is 0 Å². The maximum atomic E-state index is 10.8. The molecule has 1 aromatic carbocycles. The van der Waals surface area contributed by atoms with Gasteiger partial charge in [0, 0.05) is 22.7 Å². The molecule has 0 saturated heterocycles. The highest BCUT2D eigenvalue weighted by atomic mass is 35.5. The lowest BCUT2D eigenvalue weighted by Gasteiger charge is -1.95. The summed E-state index contributed by atoms with van der Waals surface area (Å²) in [5.41, 5.74) is 2.93. The van der Waals surface area contributed by atoms with Gasteiger partial charge in [-0.15, -0.1) is 0 Å². The second-order valence-corrected chi connectivity index (χ2v) is 4.58. The van der Waals surface area contributed by atoms with Crippen molar-refractivity contribution in [3.05, 3.63) is 40.7 Å². The van der Waals surface area contributed by atoms with Crippen LogP contribution in [0.4, 0.5) is 0 Å². The maximum Gasteiger partial charge on any atom is 0.374 e. The quantitative estimate of drug-likeness (QED) is 0.751. The number of halogens is 1. The first kappa shape index (κ1) is 11.8. The number of aryl methyl sites for hydroxylation is 1. The molecular formula is C13H9ClN2O3. The molecule has 2 N–H and O–H groups in total. The van der Waals surface area contributed by atoms with E-state index in [2.05, 4.69) is 10.1 Å². The number of fused-ring (bicyclic) bond motifs is 1. The number of carboxylic acids is 1. The molecule has 0 unspecified atom stereocenters. The molecule has 0 spiro atoms. The Balaban J connectivity index is 2.26. The van der Waals surface area contributed by atoms with E-state index in [1.165, 1.54) is 6.07 Å². The number of H-pyrrole nitrogens is 1. The number of hydrogen-bond donors (Lipinski definition) is 2. The van der Waals surface area contributed by atoms with Crippen molar-refractivity contribution in [1.82, 2.24) is 10.1 Å². The lowest BCUT2D eigenvalue weighted by atomic mass is 10.1. The Hall–Kier alpha value is -2.27. The zero-order chi connectivity index (χ0) is 13.6. The highest BCUT2D eigenvalue weighted by Gasteiger charge is 2.18. The van der Waals surface area contributed by atoms with E-state index in [1.807, 2.05) is 19.1 Å². The first-order valence-electron chi connectivity index (χ1n) is 5.55. The van der Waals surface area contributed by atoms with Crippen LogP contribution in [0.5, 0.6) is 0 Å². The summed E-state index contributed by atoms with van der Waals surface area (Å²) >= 11 is 6.12. The highest BCUT2D eigenvalue weighted by molar-refractivity contribution is 6.35. The summed E-state index contributed by atoms with van der Waals surface area (Å²) in [6, 6.07) is 6.92. The van der Waals surface area contributed by atoms with Crippen molar-refractivity contribution in [2.24, 2.45) is 0 Å². The third kappa shape index (κ3) is 1.79. The van der Waals surface area contributed by atoms with Gasteiger partial charge in [0.25, 0.3) is 0 Å². The molecule has 0 aliphatic carbocycles. The van der Waals surface area contributed by atoms with Crippen LogP contribution in [0.2, 0.25) is 5.02 Å². The number of carboxylic acid groups (broad SMARTS) is 1. The van der Waals surface area contributed by atoms with E-state index in [-0.39, 0.29) is 5.76 Å². The number of carbonyl (C=O) groups is 1. The third-order valence-corrected chi connectivity index (χ3v) is 3.26. The standard InChI is InChI=1S/C13H9ClN2O3/c1-6-11(9-5-10(13(17)18)19-16-9)7-3-2-4-8(14)12(7)15-6/h2-5,15H,1H3,(H,17,18). The summed E-state index contributed by atoms with van der Waals surface area (Å²) in [5, 5.41) is 14.2. The minimum absolute atomic E-state index is 0.189. The number of para-hydroxylation sites is 1. The molecule has 5 nitrogen and oxygen atoms in total. The summed E-state index contributed by atoms with van der Waals surface area (Å²) in [6.07, 6.45) is 0. The SMILES string of the molecule is Cc1[nH]c2c(Cl)cccc2c1-c1cc(C(=O)O)on1. The zero-order valence-corrected chi connectivity index (χ0v) is 10.7. The Morgan fingerprint density at radius 2 is 2.26 bits per heavy atom. The molecule has 0 aliphatic rings. The molecule has 6 heteroatoms. The van der Waals surface area contributed by atoms with E-state index < -0.39 is 5.97 Å². The lowest BCUT2D eigenvalue weighted by Crippen LogP contribution is -1.91. The van der Waals surface area contributed by atoms with Crippen molar-refractivity contribution in [3.63, 3.8) is 0 Å². The monoisotopic (exact) mass is 276 g/mol. The second kappa shape index (κ2) is 4.13. The van der Waals surface area contributed by atoms with Gasteiger partial charge in [-0.3, -0.25) is 0 Å². The first-order chi connectivity index (χ1) is 9.08. The number of nitrogens with zero attached hydrogens (tertiary/aromatic N) is 1. The number of hydrogen-bond acceptors (Lipinski definition) is 3. The number of aromatic amines is 1. The molecule has 0 saturated carbocycles. The minimum atomic E-state index is -1.14. The van der Waals surface area contributed by atoms with Gasteiger partial charge in [0.05, 0.1) is 10.5 Å². The van der Waals surface area contributed by atoms with Crippen LogP contribution in [0.3, 0.4) is 0 Å². The van der Waals surface area contributed by atoms with Crippen molar-refractivity contribution < 1.29 is 14.4 Å². The minimum Gasteiger partial charge on any atom is -0.475 e. The molecule has 0 aliphatic heterocycles. The Kier molecular flexibility index (Phi) is 2.57. The van der Waals surface area contributed by atoms with Crippen molar-refractivity contribution in [3.8, 4) is 11.3 Å². The van der Waals surface area contributed by atoms with E-state index in [9.17, 15) is 4.79 Å². The van der Waals surface area contributed by atoms with Crippen LogP contribution in [0.25, 0.3) is 22.2 Å². The average molecular weight is 277 g/mol. The van der Waals surface area contributed by atoms with Gasteiger partial charge in [-0.05, 0) is 13.0 Å². The van der Waals surface area contributed by atoms with Gasteiger partial charge in [0.1, 0.15) is 5.69 Å². The Bertz CT molecular complexity index is 788. The van der Waals surface area contributed by atoms with Gasteiger partial charge >= 0.3 is 5.97 Å². The lowest BCUT2D eigenvalue weighted by molar-refractivity contribution is 0.0652. The summed E-state index contributed by atoms with van der Waals surface area (Å²) in [5.74, 6) is -1.33. The van der Waals surface area contributed by atoms with Crippen LogP contribution in [-0.2, 0) is 0 Å². The van der Waals surface area contributed by atoms with Crippen LogP contribution in [-0.4, -0.2) is 21.2 Å². The van der Waals surface area contributed by atoms with Crippen LogP contribution in [0, 0.1) is 6.92 Å². The topological polar surface area (TPSA) is 79.1 Å². The van der Waals surface area contributed by atoms with E-state index >= 15 is 0 Å². The highest BCUT2D eigenvalue weighted by Crippen LogP contribution is 2.34. The van der Waals surface area contributed by atoms with Gasteiger partial charge in [0.15, 0.2) is 0 Å². The fourth-order valence-electron chi connectivity index (χ4n) is 2.14. The molecule has 2 aromatic heterocycles. The number of aromatic nitrogens is 2. The largest absolute Gasteiger partial charge is 0.475 e. The molecule has 3 rings (SSSR count). The summed E-state index contributed by atoms with van der Waals surface area (Å²) < 4.78 is 4.79. The van der Waals surface area contributed by atoms with Crippen LogP contribution < -0.4 is 0 Å². The Morgan fingerprint density at radius 3 is 2.95 bits per heavy atom. The van der Waals surface area contributed by atoms with Crippen molar-refractivity contribution in [2.45, 2.75) is 6.92 Å². The molecule has 0 bridgehead atoms. The summed E-state index contributed by atoms with van der Waals surface area (Å²) in [4.78, 5) is 14.0. The van der Waals surface area contributed by atoms with Crippen molar-refractivity contribution >= 4 is 28.5 Å². The second-order valence-electron chi connectivity index (χ2n) is 4.17. The smallest absolute Gasteiger partial charge is 0.374 e. The molecule has 3 aromatic rings. The third-order valence-electron chi connectivity index (χ3n) is 2.95. The fourth-order valence-corrected chi connectivity index (χ4v) is 2.36. The Morgan fingerprint density at radius 1 is 1.47 bits per heavy atom. The van der Waals surface area contributed by atoms with Gasteiger partial charge in [-0.2, -0.15) is 0 Å². The number of nitrogens with one attached hydrogen (secondary N) is 1. The molecule has 0 fully saturated rings. The van der Waals surface area contributed by atoms with Gasteiger partial charge in [-0.25, -0.2) is 4.79 Å². The molecule has 2 heterocycles. The van der Waals surface area contributed by atoms with Gasteiger partial charge in [-0.1, -0.05) is 28.9 Å². The number of aromatic carboxylic acids is 1. The summed E-state index contributed by atoms with van der Waals surface area (Å²) in [7, 11) is 0. The molecule has 96 valence electrons. The van der Waals surface area contributed by atoms with E-state index in [0.29, 0.717) is 10.7 Å². The Labute approximate surface area is 112 Å². The van der Waals surface area contributed by atoms with Crippen LogP contribution in [0.1, 0.15) is 16.2 Å². The van der Waals surface area contributed by atoms with Gasteiger partial charge in [0.2, 0.25) is 5.76 Å². The maximum absolute atomic E-state index is 10.8. The molecule has 0 atom stereocenters. The fraction of sp³-hybridized carbons (Fsp3) is 0.0769. The molecule has 0 amide bonds. The van der Waals surface area contributed by atoms with Crippen LogP contribution >= 0.6 is 11.6 Å². The predicted molar refractivity (Wildman–Crippen MR) is 70.5 cm³/mol. The average Bonchev–Trinajstić information content (AvgIpc) is 2.93. The van der Waals surface area contributed by atoms with E-state index in [0.717, 1.165) is 22.2 Å². The molecule has 0 radical (unpaired) electrons. The zero-order valence-electron chi connectivity index (χ0n) is 9.90. The van der Waals surface area contributed by atoms with E-state index in [1.54, 1.807) is 6.07 Å².